The van der Waals surface area contributed by atoms with Crippen molar-refractivity contribution in [1.29, 1.82) is 0 Å². The highest BCUT2D eigenvalue weighted by molar-refractivity contribution is 8.76. The first-order valence-electron chi connectivity index (χ1n) is 10.5. The number of ether oxygens (including phenoxy) is 2. The first kappa shape index (κ1) is 25.7. The van der Waals surface area contributed by atoms with Gasteiger partial charge in [0.15, 0.2) is 0 Å². The normalized spacial score (nSPS) is 20.5. The predicted octanol–water partition coefficient (Wildman–Crippen LogP) is -2.08. The van der Waals surface area contributed by atoms with Crippen molar-refractivity contribution in [2.75, 3.05) is 90.3 Å². The summed E-state index contributed by atoms with van der Waals surface area (Å²) in [5, 5.41) is 5.76. The first-order chi connectivity index (χ1) is 14.6. The molecule has 2 aliphatic heterocycles. The summed E-state index contributed by atoms with van der Waals surface area (Å²) < 4.78 is 10.6. The van der Waals surface area contributed by atoms with E-state index < -0.39 is 12.1 Å². The summed E-state index contributed by atoms with van der Waals surface area (Å²) in [6.45, 7) is 9.35. The molecule has 0 radical (unpaired) electrons. The van der Waals surface area contributed by atoms with E-state index in [9.17, 15) is 9.59 Å². The number of carbonyl (C=O) groups is 2. The van der Waals surface area contributed by atoms with E-state index in [2.05, 4.69) is 20.4 Å². The number of amides is 2. The fourth-order valence-corrected chi connectivity index (χ4v) is 5.23. The van der Waals surface area contributed by atoms with Crippen LogP contribution in [0.4, 0.5) is 0 Å². The predicted molar refractivity (Wildman–Crippen MR) is 121 cm³/mol. The maximum Gasteiger partial charge on any atom is 0.237 e. The molecule has 0 aliphatic carbocycles. The molecule has 0 aromatic carbocycles. The highest BCUT2D eigenvalue weighted by Gasteiger charge is 2.17. The van der Waals surface area contributed by atoms with Crippen molar-refractivity contribution in [3.63, 3.8) is 0 Å². The molecule has 2 fully saturated rings. The largest absolute Gasteiger partial charge is 0.379 e. The first-order valence-corrected chi connectivity index (χ1v) is 13.0. The van der Waals surface area contributed by atoms with Gasteiger partial charge in [-0.3, -0.25) is 19.4 Å². The Kier molecular flexibility index (Phi) is 13.0. The lowest BCUT2D eigenvalue weighted by molar-refractivity contribution is -0.122. The lowest BCUT2D eigenvalue weighted by Gasteiger charge is -2.26. The molecular weight excluding hydrogens is 428 g/mol. The van der Waals surface area contributed by atoms with Crippen LogP contribution in [-0.4, -0.2) is 124 Å². The maximum atomic E-state index is 12.1. The van der Waals surface area contributed by atoms with Crippen LogP contribution in [0.25, 0.3) is 0 Å². The Hall–Kier alpha value is -0.600. The molecule has 2 aliphatic rings. The van der Waals surface area contributed by atoms with Crippen LogP contribution >= 0.6 is 21.6 Å². The van der Waals surface area contributed by atoms with Crippen molar-refractivity contribution in [2.45, 2.75) is 12.1 Å². The highest BCUT2D eigenvalue weighted by Crippen LogP contribution is 2.22. The van der Waals surface area contributed by atoms with Crippen LogP contribution in [0.15, 0.2) is 0 Å². The standard InChI is InChI=1S/C18H36N6O4S2/c19-15(17(25)21-1-3-23-5-9-27-10-6-23)13-29-30-14-16(20)18(26)22-2-4-24-7-11-28-12-8-24/h15-16H,1-14,19-20H2,(H,21,25)(H,22,26). The molecule has 2 unspecified atom stereocenters. The van der Waals surface area contributed by atoms with Crippen LogP contribution in [-0.2, 0) is 19.1 Å². The van der Waals surface area contributed by atoms with Crippen LogP contribution in [0, 0.1) is 0 Å². The second-order valence-electron chi connectivity index (χ2n) is 7.27. The Morgan fingerprint density at radius 3 is 1.50 bits per heavy atom. The third-order valence-electron chi connectivity index (χ3n) is 4.91. The molecule has 2 atom stereocenters. The zero-order chi connectivity index (χ0) is 21.6. The van der Waals surface area contributed by atoms with Crippen molar-refractivity contribution in [3.05, 3.63) is 0 Å². The lowest BCUT2D eigenvalue weighted by atomic mass is 10.3. The van der Waals surface area contributed by atoms with Crippen molar-refractivity contribution in [3.8, 4) is 0 Å². The molecule has 0 aromatic rings. The summed E-state index contributed by atoms with van der Waals surface area (Å²) in [4.78, 5) is 28.6. The minimum Gasteiger partial charge on any atom is -0.379 e. The molecule has 0 bridgehead atoms. The number of hydrogen-bond donors (Lipinski definition) is 4. The number of nitrogens with one attached hydrogen (secondary N) is 2. The van der Waals surface area contributed by atoms with Gasteiger partial charge >= 0.3 is 0 Å². The van der Waals surface area contributed by atoms with Crippen LogP contribution < -0.4 is 22.1 Å². The fourth-order valence-electron chi connectivity index (χ4n) is 2.98. The number of morpholine rings is 2. The van der Waals surface area contributed by atoms with Crippen molar-refractivity contribution in [2.24, 2.45) is 11.5 Å². The average Bonchev–Trinajstić information content (AvgIpc) is 2.77. The van der Waals surface area contributed by atoms with Gasteiger partial charge in [0.2, 0.25) is 11.8 Å². The Morgan fingerprint density at radius 1 is 0.767 bits per heavy atom. The zero-order valence-electron chi connectivity index (χ0n) is 17.6. The second kappa shape index (κ2) is 15.2. The minimum atomic E-state index is -0.578. The van der Waals surface area contributed by atoms with Crippen molar-refractivity contribution >= 4 is 33.4 Å². The van der Waals surface area contributed by atoms with Gasteiger partial charge in [-0.2, -0.15) is 0 Å². The fraction of sp³-hybridized carbons (Fsp3) is 0.889. The van der Waals surface area contributed by atoms with Gasteiger partial charge in [-0.1, -0.05) is 21.6 Å². The molecule has 2 rings (SSSR count). The summed E-state index contributed by atoms with van der Waals surface area (Å²) in [7, 11) is 2.93. The van der Waals surface area contributed by atoms with Gasteiger partial charge in [0.05, 0.1) is 38.5 Å². The van der Waals surface area contributed by atoms with E-state index in [-0.39, 0.29) is 11.8 Å². The molecular formula is C18H36N6O4S2. The number of carbonyl (C=O) groups excluding carboxylic acids is 2. The third kappa shape index (κ3) is 10.6. The van der Waals surface area contributed by atoms with Gasteiger partial charge in [-0.05, 0) is 0 Å². The van der Waals surface area contributed by atoms with Gasteiger partial charge in [-0.15, -0.1) is 0 Å². The van der Waals surface area contributed by atoms with E-state index in [0.29, 0.717) is 24.6 Å². The van der Waals surface area contributed by atoms with Crippen LogP contribution in [0.2, 0.25) is 0 Å². The summed E-state index contributed by atoms with van der Waals surface area (Å²) in [6, 6.07) is -1.16. The van der Waals surface area contributed by atoms with E-state index in [1.54, 1.807) is 0 Å². The Balaban J connectivity index is 1.46. The Labute approximate surface area is 186 Å². The smallest absolute Gasteiger partial charge is 0.237 e. The van der Waals surface area contributed by atoms with Crippen LogP contribution in [0.3, 0.4) is 0 Å². The number of hydrogen-bond acceptors (Lipinski definition) is 10. The lowest BCUT2D eigenvalue weighted by Crippen LogP contribution is -2.46. The molecule has 2 amide bonds. The third-order valence-corrected chi connectivity index (χ3v) is 7.39. The molecule has 0 aromatic heterocycles. The summed E-state index contributed by atoms with van der Waals surface area (Å²) in [5.74, 6) is 0.641. The molecule has 2 heterocycles. The molecule has 174 valence electrons. The SMILES string of the molecule is NC(CSSCC(N)C(=O)NCCN1CCOCC1)C(=O)NCCN1CCOCC1. The monoisotopic (exact) mass is 464 g/mol. The molecule has 30 heavy (non-hydrogen) atoms. The van der Waals surface area contributed by atoms with E-state index in [1.807, 2.05) is 0 Å². The van der Waals surface area contributed by atoms with E-state index in [4.69, 9.17) is 20.9 Å². The second-order valence-corrected chi connectivity index (χ2v) is 9.82. The number of nitrogens with zero attached hydrogens (tertiary/aromatic N) is 2. The van der Waals surface area contributed by atoms with Crippen LogP contribution in [0.1, 0.15) is 0 Å². The van der Waals surface area contributed by atoms with Gasteiger partial charge in [0.1, 0.15) is 0 Å². The molecule has 10 nitrogen and oxygen atoms in total. The van der Waals surface area contributed by atoms with E-state index in [1.165, 1.54) is 21.6 Å². The molecule has 2 saturated heterocycles. The Morgan fingerprint density at radius 2 is 1.13 bits per heavy atom. The summed E-state index contributed by atoms with van der Waals surface area (Å²) in [6.07, 6.45) is 0. The van der Waals surface area contributed by atoms with Gasteiger partial charge < -0.3 is 31.6 Å². The van der Waals surface area contributed by atoms with Gasteiger partial charge in [-0.25, -0.2) is 0 Å². The maximum absolute atomic E-state index is 12.1. The average molecular weight is 465 g/mol. The van der Waals surface area contributed by atoms with Crippen molar-refractivity contribution in [1.82, 2.24) is 20.4 Å². The minimum absolute atomic E-state index is 0.151. The number of nitrogens with two attached hydrogens (primary N) is 2. The molecule has 0 saturated carbocycles. The summed E-state index contributed by atoms with van der Waals surface area (Å²) in [5.41, 5.74) is 11.9. The van der Waals surface area contributed by atoms with Crippen molar-refractivity contribution < 1.29 is 19.1 Å². The van der Waals surface area contributed by atoms with Gasteiger partial charge in [0.25, 0.3) is 0 Å². The highest BCUT2D eigenvalue weighted by atomic mass is 33.1. The molecule has 6 N–H and O–H groups in total. The molecule has 0 spiro atoms. The van der Waals surface area contributed by atoms with E-state index >= 15 is 0 Å². The number of rotatable bonds is 13. The summed E-state index contributed by atoms with van der Waals surface area (Å²) >= 11 is 0. The Bertz CT molecular complexity index is 463. The van der Waals surface area contributed by atoms with Gasteiger partial charge in [0, 0.05) is 63.9 Å². The zero-order valence-corrected chi connectivity index (χ0v) is 19.2. The van der Waals surface area contributed by atoms with Crippen LogP contribution in [0.5, 0.6) is 0 Å². The van der Waals surface area contributed by atoms with E-state index in [0.717, 1.165) is 65.7 Å². The quantitative estimate of drug-likeness (QED) is 0.178. The topological polar surface area (TPSA) is 135 Å². The molecule has 12 heteroatoms.